The number of rotatable bonds is 8. The predicted molar refractivity (Wildman–Crippen MR) is 82.6 cm³/mol. The van der Waals surface area contributed by atoms with Crippen molar-refractivity contribution in [1.29, 1.82) is 0 Å². The zero-order chi connectivity index (χ0) is 16.7. The topological polar surface area (TPSA) is 101 Å². The van der Waals surface area contributed by atoms with Gasteiger partial charge in [-0.1, -0.05) is 32.0 Å². The fourth-order valence-electron chi connectivity index (χ4n) is 2.00. The summed E-state index contributed by atoms with van der Waals surface area (Å²) in [5.74, 6) is -1.30. The molecule has 0 saturated heterocycles. The molecule has 0 heterocycles. The van der Waals surface area contributed by atoms with Crippen LogP contribution in [0, 0.1) is 5.92 Å². The molecule has 6 nitrogen and oxygen atoms in total. The van der Waals surface area contributed by atoms with Gasteiger partial charge in [-0.25, -0.2) is 9.90 Å². The van der Waals surface area contributed by atoms with E-state index in [4.69, 9.17) is 10.5 Å². The Morgan fingerprint density at radius 1 is 1.27 bits per heavy atom. The first-order chi connectivity index (χ1) is 10.4. The van der Waals surface area contributed by atoms with E-state index < -0.39 is 18.1 Å². The largest absolute Gasteiger partial charge is 0.464 e. The highest BCUT2D eigenvalue weighted by atomic mass is 16.5. The summed E-state index contributed by atoms with van der Waals surface area (Å²) in [7, 11) is 0. The Hall–Kier alpha value is -1.92. The average Bonchev–Trinajstić information content (AvgIpc) is 2.47. The number of anilines is 1. The molecule has 1 radical (unpaired) electrons. The van der Waals surface area contributed by atoms with Gasteiger partial charge in [0.15, 0.2) is 11.8 Å². The maximum absolute atomic E-state index is 12.2. The van der Waals surface area contributed by atoms with Gasteiger partial charge in [0.1, 0.15) is 6.10 Å². The fourth-order valence-corrected chi connectivity index (χ4v) is 2.00. The summed E-state index contributed by atoms with van der Waals surface area (Å²) in [6, 6.07) is 5.61. The number of ether oxygens (including phenoxy) is 1. The van der Waals surface area contributed by atoms with Gasteiger partial charge >= 0.3 is 5.97 Å². The van der Waals surface area contributed by atoms with Crippen molar-refractivity contribution < 1.29 is 19.4 Å². The fraction of sp³-hybridized carbons (Fsp3) is 0.500. The molecule has 0 bridgehead atoms. The van der Waals surface area contributed by atoms with Gasteiger partial charge in [-0.3, -0.25) is 10.1 Å². The number of hydrogen-bond acceptors (Lipinski definition) is 5. The number of carbonyl (C=O) groups is 2. The molecule has 0 saturated carbocycles. The van der Waals surface area contributed by atoms with Gasteiger partial charge in [-0.15, -0.1) is 0 Å². The van der Waals surface area contributed by atoms with Crippen LogP contribution >= 0.6 is 0 Å². The van der Waals surface area contributed by atoms with Crippen LogP contribution in [0.15, 0.2) is 24.3 Å². The number of para-hydroxylation sites is 1. The maximum atomic E-state index is 12.2. The molecule has 1 rings (SSSR count). The van der Waals surface area contributed by atoms with Crippen molar-refractivity contribution in [2.45, 2.75) is 32.9 Å². The van der Waals surface area contributed by atoms with E-state index in [-0.39, 0.29) is 24.9 Å². The van der Waals surface area contributed by atoms with Crippen LogP contribution in [-0.2, 0) is 19.4 Å². The molecule has 3 N–H and O–H groups in total. The smallest absolute Gasteiger partial charge is 0.330 e. The van der Waals surface area contributed by atoms with Crippen molar-refractivity contribution >= 4 is 17.4 Å². The molecule has 0 aliphatic carbocycles. The predicted octanol–water partition coefficient (Wildman–Crippen LogP) is 1.49. The van der Waals surface area contributed by atoms with Crippen LogP contribution < -0.4 is 11.1 Å². The molecule has 6 heteroatoms. The first-order valence-corrected chi connectivity index (χ1v) is 7.32. The van der Waals surface area contributed by atoms with Crippen LogP contribution in [0.2, 0.25) is 0 Å². The number of ketones is 1. The summed E-state index contributed by atoms with van der Waals surface area (Å²) in [5, 5.41) is 14.9. The molecular weight excluding hydrogens is 284 g/mol. The Morgan fingerprint density at radius 2 is 1.91 bits per heavy atom. The number of Topliss-reactive ketones (excluding diaryl/α,β-unsaturated/α-hetero) is 1. The number of hydrogen-bond donors (Lipinski definition) is 2. The summed E-state index contributed by atoms with van der Waals surface area (Å²) < 4.78 is 4.89. The molecule has 1 aromatic rings. The molecule has 0 aromatic heterocycles. The third kappa shape index (κ3) is 4.82. The molecule has 0 spiro atoms. The van der Waals surface area contributed by atoms with Crippen LogP contribution in [0.1, 0.15) is 32.4 Å². The number of carbonyl (C=O) groups excluding carboxylic acids is 2. The Bertz CT molecular complexity index is 517. The molecule has 0 aliphatic heterocycles. The van der Waals surface area contributed by atoms with Gasteiger partial charge in [0.05, 0.1) is 6.61 Å². The summed E-state index contributed by atoms with van der Waals surface area (Å²) in [5.41, 5.74) is 6.59. The molecule has 121 valence electrons. The van der Waals surface area contributed by atoms with Crippen molar-refractivity contribution in [3.05, 3.63) is 29.8 Å². The van der Waals surface area contributed by atoms with Crippen LogP contribution in [0.5, 0.6) is 0 Å². The molecule has 2 unspecified atom stereocenters. The minimum atomic E-state index is -1.17. The van der Waals surface area contributed by atoms with Gasteiger partial charge < -0.3 is 10.5 Å². The number of nitrogens with one attached hydrogen (secondary N) is 1. The van der Waals surface area contributed by atoms with E-state index in [1.807, 2.05) is 0 Å². The molecule has 0 fully saturated rings. The lowest BCUT2D eigenvalue weighted by molar-refractivity contribution is -0.149. The minimum Gasteiger partial charge on any atom is -0.464 e. The zero-order valence-corrected chi connectivity index (χ0v) is 13.2. The van der Waals surface area contributed by atoms with E-state index in [0.717, 1.165) is 0 Å². The van der Waals surface area contributed by atoms with Gasteiger partial charge in [0, 0.05) is 23.7 Å². The monoisotopic (exact) mass is 307 g/mol. The Labute approximate surface area is 130 Å². The van der Waals surface area contributed by atoms with E-state index in [9.17, 15) is 14.7 Å². The van der Waals surface area contributed by atoms with Crippen molar-refractivity contribution in [2.24, 2.45) is 5.92 Å². The van der Waals surface area contributed by atoms with E-state index in [2.05, 4.69) is 5.32 Å². The SMILES string of the molecule is CCOC(=O)C(NCC([O])c1ccccc1N)C(=O)C(C)C. The van der Waals surface area contributed by atoms with Gasteiger partial charge in [-0.2, -0.15) is 0 Å². The van der Waals surface area contributed by atoms with Crippen molar-refractivity contribution in [3.63, 3.8) is 0 Å². The lowest BCUT2D eigenvalue weighted by Crippen LogP contribution is -2.47. The first-order valence-electron chi connectivity index (χ1n) is 7.32. The van der Waals surface area contributed by atoms with E-state index in [1.165, 1.54) is 0 Å². The van der Waals surface area contributed by atoms with Gasteiger partial charge in [0.25, 0.3) is 0 Å². The maximum Gasteiger partial charge on any atom is 0.330 e. The summed E-state index contributed by atoms with van der Waals surface area (Å²) in [4.78, 5) is 24.0. The second-order valence-corrected chi connectivity index (χ2v) is 5.27. The lowest BCUT2D eigenvalue weighted by Gasteiger charge is -2.20. The molecule has 1 aromatic carbocycles. The minimum absolute atomic E-state index is 0.0871. The van der Waals surface area contributed by atoms with E-state index in [0.29, 0.717) is 11.3 Å². The molecule has 22 heavy (non-hydrogen) atoms. The van der Waals surface area contributed by atoms with Crippen LogP contribution in [0.3, 0.4) is 0 Å². The van der Waals surface area contributed by atoms with Crippen molar-refractivity contribution in [2.75, 3.05) is 18.9 Å². The summed E-state index contributed by atoms with van der Waals surface area (Å²) in [6.45, 7) is 5.14. The van der Waals surface area contributed by atoms with Gasteiger partial charge in [-0.05, 0) is 13.0 Å². The Morgan fingerprint density at radius 3 is 2.45 bits per heavy atom. The molecule has 0 aliphatic rings. The molecular formula is C16H23N2O4. The summed E-state index contributed by atoms with van der Waals surface area (Å²) >= 11 is 0. The first kappa shape index (κ1) is 18.1. The molecule has 0 amide bonds. The van der Waals surface area contributed by atoms with Crippen LogP contribution in [-0.4, -0.2) is 30.9 Å². The van der Waals surface area contributed by atoms with Crippen LogP contribution in [0.4, 0.5) is 5.69 Å². The Kier molecular flexibility index (Phi) is 7.01. The van der Waals surface area contributed by atoms with E-state index in [1.54, 1.807) is 45.0 Å². The number of nitrogen functional groups attached to an aromatic ring is 1. The number of benzene rings is 1. The third-order valence-electron chi connectivity index (χ3n) is 3.23. The zero-order valence-electron chi connectivity index (χ0n) is 13.2. The highest BCUT2D eigenvalue weighted by Crippen LogP contribution is 2.20. The number of esters is 1. The second-order valence-electron chi connectivity index (χ2n) is 5.27. The lowest BCUT2D eigenvalue weighted by atomic mass is 10.0. The highest BCUT2D eigenvalue weighted by Gasteiger charge is 2.30. The second kappa shape index (κ2) is 8.51. The molecule has 2 atom stereocenters. The average molecular weight is 307 g/mol. The number of nitrogens with two attached hydrogens (primary N) is 1. The quantitative estimate of drug-likeness (QED) is 0.430. The van der Waals surface area contributed by atoms with E-state index >= 15 is 0 Å². The van der Waals surface area contributed by atoms with Crippen molar-refractivity contribution in [1.82, 2.24) is 5.32 Å². The summed E-state index contributed by atoms with van der Waals surface area (Å²) in [6.07, 6.45) is -1.17. The van der Waals surface area contributed by atoms with Crippen LogP contribution in [0.25, 0.3) is 0 Å². The Balaban J connectivity index is 2.76. The van der Waals surface area contributed by atoms with Crippen molar-refractivity contribution in [3.8, 4) is 0 Å². The standard InChI is InChI=1S/C16H23N2O4/c1-4-22-16(21)14(15(20)10(2)3)18-9-13(19)11-7-5-6-8-12(11)17/h5-8,10,13-14,18H,4,9,17H2,1-3H3. The van der Waals surface area contributed by atoms with Gasteiger partial charge in [0.2, 0.25) is 0 Å². The third-order valence-corrected chi connectivity index (χ3v) is 3.23. The highest BCUT2D eigenvalue weighted by molar-refractivity contribution is 6.03. The normalized spacial score (nSPS) is 13.7.